The summed E-state index contributed by atoms with van der Waals surface area (Å²) >= 11 is 9.09. The predicted molar refractivity (Wildman–Crippen MR) is 99.7 cm³/mol. The number of esters is 1. The molecule has 1 N–H and O–H groups in total. The maximum atomic E-state index is 12.1. The van der Waals surface area contributed by atoms with Crippen LogP contribution in [0, 0.1) is 0 Å². The van der Waals surface area contributed by atoms with Crippen molar-refractivity contribution >= 4 is 52.5 Å². The van der Waals surface area contributed by atoms with Crippen molar-refractivity contribution in [3.8, 4) is 0 Å². The Balaban J connectivity index is 1.85. The first kappa shape index (κ1) is 20.1. The number of carbonyl (C=O) groups is 3. The molecule has 1 aliphatic rings. The van der Waals surface area contributed by atoms with Crippen molar-refractivity contribution < 1.29 is 19.1 Å². The highest BCUT2D eigenvalue weighted by molar-refractivity contribution is 8.00. The Labute approximate surface area is 160 Å². The van der Waals surface area contributed by atoms with Gasteiger partial charge in [-0.2, -0.15) is 0 Å². The lowest BCUT2D eigenvalue weighted by Gasteiger charge is -2.23. The SMILES string of the molecule is COC(=O)C(CCCCN1C(=O)CSC1c1ccc(Cl)s1)NC(C)=O. The van der Waals surface area contributed by atoms with E-state index < -0.39 is 12.0 Å². The summed E-state index contributed by atoms with van der Waals surface area (Å²) in [6.07, 6.45) is 1.93. The van der Waals surface area contributed by atoms with Crippen LogP contribution in [0.1, 0.15) is 36.4 Å². The predicted octanol–water partition coefficient (Wildman–Crippen LogP) is 2.82. The highest BCUT2D eigenvalue weighted by atomic mass is 35.5. The van der Waals surface area contributed by atoms with Gasteiger partial charge in [-0.3, -0.25) is 9.59 Å². The number of nitrogens with one attached hydrogen (secondary N) is 1. The number of amides is 2. The molecule has 0 radical (unpaired) electrons. The van der Waals surface area contributed by atoms with E-state index in [1.54, 1.807) is 11.8 Å². The Morgan fingerprint density at radius 3 is 2.80 bits per heavy atom. The number of hydrogen-bond acceptors (Lipinski definition) is 6. The maximum Gasteiger partial charge on any atom is 0.328 e. The van der Waals surface area contributed by atoms with Gasteiger partial charge < -0.3 is 15.0 Å². The number of methoxy groups -OCH3 is 1. The Hall–Kier alpha value is -1.25. The molecule has 1 aliphatic heterocycles. The lowest BCUT2D eigenvalue weighted by molar-refractivity contribution is -0.145. The molecule has 2 amide bonds. The molecule has 2 atom stereocenters. The van der Waals surface area contributed by atoms with Crippen LogP contribution < -0.4 is 5.32 Å². The van der Waals surface area contributed by atoms with E-state index in [-0.39, 0.29) is 17.2 Å². The minimum Gasteiger partial charge on any atom is -0.467 e. The van der Waals surface area contributed by atoms with Crippen LogP contribution in [0.5, 0.6) is 0 Å². The Morgan fingerprint density at radius 1 is 1.44 bits per heavy atom. The summed E-state index contributed by atoms with van der Waals surface area (Å²) in [6, 6.07) is 3.16. The average Bonchev–Trinajstić information content (AvgIpc) is 3.15. The smallest absolute Gasteiger partial charge is 0.328 e. The van der Waals surface area contributed by atoms with Gasteiger partial charge in [-0.05, 0) is 31.4 Å². The topological polar surface area (TPSA) is 75.7 Å². The lowest BCUT2D eigenvalue weighted by Crippen LogP contribution is -2.40. The number of nitrogens with zero attached hydrogens (tertiary/aromatic N) is 1. The summed E-state index contributed by atoms with van der Waals surface area (Å²) in [7, 11) is 1.30. The summed E-state index contributed by atoms with van der Waals surface area (Å²) in [6.45, 7) is 1.98. The van der Waals surface area contributed by atoms with Crippen LogP contribution in [0.15, 0.2) is 12.1 Å². The molecular weight excluding hydrogens is 384 g/mol. The third-order valence-electron chi connectivity index (χ3n) is 3.81. The monoisotopic (exact) mass is 404 g/mol. The third-order valence-corrected chi connectivity index (χ3v) is 6.48. The van der Waals surface area contributed by atoms with Crippen molar-refractivity contribution in [2.75, 3.05) is 19.4 Å². The van der Waals surface area contributed by atoms with Crippen LogP contribution in [0.2, 0.25) is 4.34 Å². The summed E-state index contributed by atoms with van der Waals surface area (Å²) in [5, 5.41) is 2.60. The highest BCUT2D eigenvalue weighted by Gasteiger charge is 2.33. The van der Waals surface area contributed by atoms with Gasteiger partial charge in [0.1, 0.15) is 11.4 Å². The highest BCUT2D eigenvalue weighted by Crippen LogP contribution is 2.42. The summed E-state index contributed by atoms with van der Waals surface area (Å²) < 4.78 is 5.42. The first-order valence-electron chi connectivity index (χ1n) is 7.93. The second-order valence-corrected chi connectivity index (χ2v) is 8.48. The molecule has 0 saturated carbocycles. The van der Waals surface area contributed by atoms with Crippen molar-refractivity contribution in [3.05, 3.63) is 21.3 Å². The molecule has 0 bridgehead atoms. The molecule has 1 aromatic heterocycles. The fourth-order valence-electron chi connectivity index (χ4n) is 2.66. The van der Waals surface area contributed by atoms with Gasteiger partial charge in [0.2, 0.25) is 11.8 Å². The van der Waals surface area contributed by atoms with Gasteiger partial charge in [-0.1, -0.05) is 11.6 Å². The first-order valence-corrected chi connectivity index (χ1v) is 10.2. The number of hydrogen-bond donors (Lipinski definition) is 1. The van der Waals surface area contributed by atoms with Gasteiger partial charge in [0.25, 0.3) is 0 Å². The number of thioether (sulfide) groups is 1. The third kappa shape index (κ3) is 5.62. The van der Waals surface area contributed by atoms with Gasteiger partial charge in [-0.25, -0.2) is 4.79 Å². The zero-order valence-electron chi connectivity index (χ0n) is 14.1. The maximum absolute atomic E-state index is 12.1. The lowest BCUT2D eigenvalue weighted by atomic mass is 10.1. The van der Waals surface area contributed by atoms with Crippen molar-refractivity contribution in [1.29, 1.82) is 0 Å². The molecule has 0 aromatic carbocycles. The standard InChI is InChI=1S/C16H21ClN2O4S2/c1-10(20)18-11(16(22)23-2)5-3-4-8-19-14(21)9-24-15(19)12-6-7-13(17)25-12/h6-7,11,15H,3-5,8-9H2,1-2H3,(H,18,20). The van der Waals surface area contributed by atoms with Crippen LogP contribution in [0.4, 0.5) is 0 Å². The van der Waals surface area contributed by atoms with E-state index in [1.807, 2.05) is 17.0 Å². The van der Waals surface area contributed by atoms with Gasteiger partial charge in [-0.15, -0.1) is 23.1 Å². The van der Waals surface area contributed by atoms with Crippen molar-refractivity contribution in [2.24, 2.45) is 0 Å². The Kier molecular flexibility index (Phi) is 7.58. The van der Waals surface area contributed by atoms with Crippen LogP contribution in [-0.4, -0.2) is 48.1 Å². The minimum atomic E-state index is -0.641. The van der Waals surface area contributed by atoms with Gasteiger partial charge >= 0.3 is 5.97 Å². The molecule has 25 heavy (non-hydrogen) atoms. The van der Waals surface area contributed by atoms with Crippen molar-refractivity contribution in [2.45, 2.75) is 37.6 Å². The Bertz CT molecular complexity index is 637. The van der Waals surface area contributed by atoms with E-state index >= 15 is 0 Å². The number of thiophene rings is 1. The number of ether oxygens (including phenoxy) is 1. The molecule has 2 unspecified atom stereocenters. The normalized spacial score (nSPS) is 18.3. The largest absolute Gasteiger partial charge is 0.467 e. The average molecular weight is 405 g/mol. The van der Waals surface area contributed by atoms with Gasteiger partial charge in [0, 0.05) is 18.3 Å². The molecule has 138 valence electrons. The van der Waals surface area contributed by atoms with E-state index in [0.717, 1.165) is 11.3 Å². The van der Waals surface area contributed by atoms with Crippen LogP contribution in [0.25, 0.3) is 0 Å². The molecule has 0 aliphatic carbocycles. The van der Waals surface area contributed by atoms with Gasteiger partial charge in [0.05, 0.1) is 17.2 Å². The second-order valence-electron chi connectivity index (χ2n) is 5.66. The molecule has 2 heterocycles. The van der Waals surface area contributed by atoms with E-state index in [2.05, 4.69) is 5.32 Å². The number of carbonyl (C=O) groups excluding carboxylic acids is 3. The molecular formula is C16H21ClN2O4S2. The van der Waals surface area contributed by atoms with Crippen LogP contribution in [-0.2, 0) is 19.1 Å². The van der Waals surface area contributed by atoms with E-state index in [0.29, 0.717) is 29.5 Å². The fourth-order valence-corrected chi connectivity index (χ4v) is 5.18. The summed E-state index contributed by atoms with van der Waals surface area (Å²) in [5.74, 6) is -0.132. The number of halogens is 1. The first-order chi connectivity index (χ1) is 11.9. The zero-order chi connectivity index (χ0) is 18.4. The molecule has 0 spiro atoms. The van der Waals surface area contributed by atoms with E-state index in [1.165, 1.54) is 25.4 Å². The molecule has 2 rings (SSSR count). The fraction of sp³-hybridized carbons (Fsp3) is 0.562. The summed E-state index contributed by atoms with van der Waals surface area (Å²) in [5.41, 5.74) is 0. The quantitative estimate of drug-likeness (QED) is 0.532. The number of unbranched alkanes of at least 4 members (excludes halogenated alkanes) is 1. The van der Waals surface area contributed by atoms with Crippen molar-refractivity contribution in [3.63, 3.8) is 0 Å². The second kappa shape index (κ2) is 9.45. The molecule has 6 nitrogen and oxygen atoms in total. The molecule has 9 heteroatoms. The van der Waals surface area contributed by atoms with E-state index in [4.69, 9.17) is 16.3 Å². The van der Waals surface area contributed by atoms with Crippen LogP contribution >= 0.6 is 34.7 Å². The Morgan fingerprint density at radius 2 is 2.20 bits per heavy atom. The summed E-state index contributed by atoms with van der Waals surface area (Å²) in [4.78, 5) is 37.9. The van der Waals surface area contributed by atoms with Crippen molar-refractivity contribution in [1.82, 2.24) is 10.2 Å². The van der Waals surface area contributed by atoms with E-state index in [9.17, 15) is 14.4 Å². The number of rotatable bonds is 8. The minimum absolute atomic E-state index is 0.0109. The molecule has 1 aromatic rings. The van der Waals surface area contributed by atoms with Gasteiger partial charge in [0.15, 0.2) is 0 Å². The van der Waals surface area contributed by atoms with Crippen LogP contribution in [0.3, 0.4) is 0 Å². The molecule has 1 saturated heterocycles. The zero-order valence-corrected chi connectivity index (χ0v) is 16.5. The molecule has 1 fully saturated rings.